The zero-order valence-electron chi connectivity index (χ0n) is 21.7. The molecule has 0 saturated carbocycles. The standard InChI is InChI=1S/C26H34ClF2N3O4S/c1-6-23(25(34)30-26(2,3)4)31(17-18-9-11-19(27)12-10-18)24(33)8-7-15-32(37(5,35)36)20-13-14-21(28)22(29)16-20/h9-14,16,23H,6-8,15,17H2,1-5H3,(H,30,34). The van der Waals surface area contributed by atoms with Gasteiger partial charge in [0.15, 0.2) is 11.6 Å². The summed E-state index contributed by atoms with van der Waals surface area (Å²) in [5.74, 6) is -2.90. The maximum absolute atomic E-state index is 13.7. The molecular formula is C26H34ClF2N3O4S. The molecule has 0 aliphatic rings. The van der Waals surface area contributed by atoms with Crippen molar-refractivity contribution >= 4 is 39.1 Å². The molecule has 0 bridgehead atoms. The van der Waals surface area contributed by atoms with E-state index in [0.717, 1.165) is 34.3 Å². The number of amides is 2. The SMILES string of the molecule is CCC(C(=O)NC(C)(C)C)N(Cc1ccc(Cl)cc1)C(=O)CCCN(c1ccc(F)c(F)c1)S(C)(=O)=O. The Morgan fingerprint density at radius 1 is 1.05 bits per heavy atom. The Kier molecular flexibility index (Phi) is 10.5. The Morgan fingerprint density at radius 2 is 1.68 bits per heavy atom. The maximum atomic E-state index is 13.7. The van der Waals surface area contributed by atoms with Crippen molar-refractivity contribution in [2.75, 3.05) is 17.1 Å². The van der Waals surface area contributed by atoms with Gasteiger partial charge in [0.25, 0.3) is 0 Å². The first-order chi connectivity index (χ1) is 17.1. The molecule has 2 rings (SSSR count). The van der Waals surface area contributed by atoms with Gasteiger partial charge in [0.05, 0.1) is 11.9 Å². The van der Waals surface area contributed by atoms with Crippen LogP contribution in [0.15, 0.2) is 42.5 Å². The molecule has 1 atom stereocenters. The zero-order valence-corrected chi connectivity index (χ0v) is 23.3. The number of carbonyl (C=O) groups excluding carboxylic acids is 2. The number of nitrogens with one attached hydrogen (secondary N) is 1. The molecule has 37 heavy (non-hydrogen) atoms. The minimum absolute atomic E-state index is 0.0390. The van der Waals surface area contributed by atoms with Crippen LogP contribution < -0.4 is 9.62 Å². The Bertz CT molecular complexity index is 1200. The van der Waals surface area contributed by atoms with Crippen LogP contribution in [-0.4, -0.2) is 49.5 Å². The lowest BCUT2D eigenvalue weighted by Gasteiger charge is -2.33. The number of benzene rings is 2. The molecule has 11 heteroatoms. The zero-order chi connectivity index (χ0) is 28.0. The highest BCUT2D eigenvalue weighted by Crippen LogP contribution is 2.22. The number of carbonyl (C=O) groups is 2. The quantitative estimate of drug-likeness (QED) is 0.426. The molecule has 0 radical (unpaired) electrons. The van der Waals surface area contributed by atoms with Gasteiger partial charge in [-0.3, -0.25) is 13.9 Å². The van der Waals surface area contributed by atoms with E-state index in [0.29, 0.717) is 11.4 Å². The van der Waals surface area contributed by atoms with E-state index < -0.39 is 33.2 Å². The van der Waals surface area contributed by atoms with Crippen LogP contribution in [0.1, 0.15) is 52.5 Å². The van der Waals surface area contributed by atoms with Gasteiger partial charge in [-0.2, -0.15) is 0 Å². The van der Waals surface area contributed by atoms with Gasteiger partial charge in [-0.15, -0.1) is 0 Å². The van der Waals surface area contributed by atoms with Crippen molar-refractivity contribution in [3.8, 4) is 0 Å². The summed E-state index contributed by atoms with van der Waals surface area (Å²) >= 11 is 5.98. The largest absolute Gasteiger partial charge is 0.350 e. The molecule has 0 saturated heterocycles. The van der Waals surface area contributed by atoms with Crippen molar-refractivity contribution in [3.05, 3.63) is 64.7 Å². The second kappa shape index (κ2) is 12.7. The highest BCUT2D eigenvalue weighted by Gasteiger charge is 2.30. The van der Waals surface area contributed by atoms with E-state index in [4.69, 9.17) is 11.6 Å². The summed E-state index contributed by atoms with van der Waals surface area (Å²) in [6, 6.07) is 8.99. The number of hydrogen-bond donors (Lipinski definition) is 1. The Hall–Kier alpha value is -2.72. The predicted octanol–water partition coefficient (Wildman–Crippen LogP) is 4.89. The lowest BCUT2D eigenvalue weighted by atomic mass is 10.0. The van der Waals surface area contributed by atoms with E-state index in [1.54, 1.807) is 24.3 Å². The summed E-state index contributed by atoms with van der Waals surface area (Å²) in [5.41, 5.74) is 0.238. The molecule has 0 fully saturated rings. The van der Waals surface area contributed by atoms with E-state index in [-0.39, 0.29) is 43.4 Å². The average Bonchev–Trinajstić information content (AvgIpc) is 2.77. The number of rotatable bonds is 11. The lowest BCUT2D eigenvalue weighted by molar-refractivity contribution is -0.142. The minimum Gasteiger partial charge on any atom is -0.350 e. The van der Waals surface area contributed by atoms with Crippen LogP contribution in [0.2, 0.25) is 5.02 Å². The van der Waals surface area contributed by atoms with Gasteiger partial charge in [-0.1, -0.05) is 30.7 Å². The number of hydrogen-bond acceptors (Lipinski definition) is 4. The van der Waals surface area contributed by atoms with Crippen molar-refractivity contribution in [2.45, 2.75) is 65.1 Å². The summed E-state index contributed by atoms with van der Waals surface area (Å²) in [6.07, 6.45) is 1.35. The number of halogens is 3. The Labute approximate surface area is 222 Å². The molecule has 1 unspecified atom stereocenters. The lowest BCUT2D eigenvalue weighted by Crippen LogP contribution is -2.53. The monoisotopic (exact) mass is 557 g/mol. The second-order valence-electron chi connectivity index (χ2n) is 9.85. The maximum Gasteiger partial charge on any atom is 0.243 e. The fraction of sp³-hybridized carbons (Fsp3) is 0.462. The molecule has 204 valence electrons. The molecule has 0 aliphatic carbocycles. The van der Waals surface area contributed by atoms with Gasteiger partial charge in [0.1, 0.15) is 6.04 Å². The molecule has 0 heterocycles. The Balaban J connectivity index is 2.25. The van der Waals surface area contributed by atoms with Crippen molar-refractivity contribution < 1.29 is 26.8 Å². The highest BCUT2D eigenvalue weighted by molar-refractivity contribution is 7.92. The van der Waals surface area contributed by atoms with Gasteiger partial charge < -0.3 is 10.2 Å². The van der Waals surface area contributed by atoms with Gasteiger partial charge in [0.2, 0.25) is 21.8 Å². The Morgan fingerprint density at radius 3 is 2.19 bits per heavy atom. The fourth-order valence-electron chi connectivity index (χ4n) is 3.80. The van der Waals surface area contributed by atoms with Gasteiger partial charge in [-0.05, 0) is 63.4 Å². The van der Waals surface area contributed by atoms with Crippen molar-refractivity contribution in [1.82, 2.24) is 10.2 Å². The molecule has 2 aromatic rings. The molecule has 1 N–H and O–H groups in total. The van der Waals surface area contributed by atoms with Crippen LogP contribution in [-0.2, 0) is 26.2 Å². The van der Waals surface area contributed by atoms with Crippen molar-refractivity contribution in [2.24, 2.45) is 0 Å². The van der Waals surface area contributed by atoms with Gasteiger partial charge in [-0.25, -0.2) is 17.2 Å². The normalized spacial score (nSPS) is 12.6. The smallest absolute Gasteiger partial charge is 0.243 e. The first-order valence-electron chi connectivity index (χ1n) is 11.9. The molecular weight excluding hydrogens is 524 g/mol. The van der Waals surface area contributed by atoms with E-state index >= 15 is 0 Å². The molecule has 2 aromatic carbocycles. The van der Waals surface area contributed by atoms with Crippen LogP contribution >= 0.6 is 11.6 Å². The molecule has 2 amide bonds. The average molecular weight is 558 g/mol. The van der Waals surface area contributed by atoms with Crippen LogP contribution in [0, 0.1) is 11.6 Å². The first-order valence-corrected chi connectivity index (χ1v) is 14.1. The number of sulfonamides is 1. The molecule has 7 nitrogen and oxygen atoms in total. The van der Waals surface area contributed by atoms with Crippen molar-refractivity contribution in [1.29, 1.82) is 0 Å². The second-order valence-corrected chi connectivity index (χ2v) is 12.2. The summed E-state index contributed by atoms with van der Waals surface area (Å²) in [4.78, 5) is 27.9. The topological polar surface area (TPSA) is 86.8 Å². The third kappa shape index (κ3) is 9.27. The first kappa shape index (κ1) is 30.5. The third-order valence-electron chi connectivity index (χ3n) is 5.49. The predicted molar refractivity (Wildman–Crippen MR) is 142 cm³/mol. The summed E-state index contributed by atoms with van der Waals surface area (Å²) in [7, 11) is -3.83. The fourth-order valence-corrected chi connectivity index (χ4v) is 4.89. The van der Waals surface area contributed by atoms with Crippen LogP contribution in [0.5, 0.6) is 0 Å². The van der Waals surface area contributed by atoms with Crippen LogP contribution in [0.4, 0.5) is 14.5 Å². The molecule has 0 aliphatic heterocycles. The highest BCUT2D eigenvalue weighted by atomic mass is 35.5. The van der Waals surface area contributed by atoms with E-state index in [1.165, 1.54) is 4.90 Å². The van der Waals surface area contributed by atoms with E-state index in [9.17, 15) is 26.8 Å². The summed E-state index contributed by atoms with van der Waals surface area (Å²) in [5, 5.41) is 3.46. The van der Waals surface area contributed by atoms with Gasteiger partial charge in [0, 0.05) is 36.1 Å². The number of nitrogens with zero attached hydrogens (tertiary/aromatic N) is 2. The third-order valence-corrected chi connectivity index (χ3v) is 6.94. The summed E-state index contributed by atoms with van der Waals surface area (Å²) in [6.45, 7) is 7.38. The van der Waals surface area contributed by atoms with E-state index in [2.05, 4.69) is 5.32 Å². The van der Waals surface area contributed by atoms with Crippen LogP contribution in [0.25, 0.3) is 0 Å². The van der Waals surface area contributed by atoms with Gasteiger partial charge >= 0.3 is 0 Å². The van der Waals surface area contributed by atoms with Crippen molar-refractivity contribution in [3.63, 3.8) is 0 Å². The van der Waals surface area contributed by atoms with E-state index in [1.807, 2.05) is 27.7 Å². The molecule has 0 spiro atoms. The summed E-state index contributed by atoms with van der Waals surface area (Å²) < 4.78 is 52.7. The number of anilines is 1. The van der Waals surface area contributed by atoms with Crippen LogP contribution in [0.3, 0.4) is 0 Å². The molecule has 0 aromatic heterocycles. The minimum atomic E-state index is -3.83.